The van der Waals surface area contributed by atoms with E-state index in [9.17, 15) is 14.7 Å². The van der Waals surface area contributed by atoms with E-state index in [0.717, 1.165) is 11.1 Å². The molecule has 0 radical (unpaired) electrons. The van der Waals surface area contributed by atoms with Gasteiger partial charge in [-0.05, 0) is 47.9 Å². The molecule has 1 aliphatic rings. The van der Waals surface area contributed by atoms with Crippen LogP contribution in [-0.4, -0.2) is 23.7 Å². The van der Waals surface area contributed by atoms with Crippen molar-refractivity contribution in [1.29, 1.82) is 0 Å². The van der Waals surface area contributed by atoms with Gasteiger partial charge in [0.05, 0.1) is 17.1 Å². The quantitative estimate of drug-likeness (QED) is 0.713. The lowest BCUT2D eigenvalue weighted by molar-refractivity contribution is -0.138. The number of carboxylic acids is 1. The fourth-order valence-electron chi connectivity index (χ4n) is 3.27. The van der Waals surface area contributed by atoms with Crippen LogP contribution in [0.4, 0.5) is 0 Å². The zero-order valence-corrected chi connectivity index (χ0v) is 16.5. The molecule has 0 aliphatic carbocycles. The summed E-state index contributed by atoms with van der Waals surface area (Å²) >= 11 is 1.46. The molecule has 0 saturated carbocycles. The summed E-state index contributed by atoms with van der Waals surface area (Å²) in [7, 11) is 0. The Balaban J connectivity index is 1.81. The second-order valence-electron chi connectivity index (χ2n) is 6.41. The number of dihydropyridines is 1. The van der Waals surface area contributed by atoms with Gasteiger partial charge in [0, 0.05) is 11.4 Å². The van der Waals surface area contributed by atoms with E-state index < -0.39 is 17.9 Å². The molecule has 28 heavy (non-hydrogen) atoms. The number of allylic oxidation sites excluding steroid dienone is 2. The Morgan fingerprint density at radius 3 is 2.50 bits per heavy atom. The van der Waals surface area contributed by atoms with E-state index in [1.807, 2.05) is 53.2 Å². The first-order valence-electron chi connectivity index (χ1n) is 8.81. The molecule has 0 fully saturated rings. The molecular formula is C22H21NO4S. The fraction of sp³-hybridized carbons (Fsp3) is 0.182. The number of hydrogen-bond acceptors (Lipinski definition) is 5. The third-order valence-electron chi connectivity index (χ3n) is 4.51. The van der Waals surface area contributed by atoms with E-state index in [2.05, 4.69) is 5.32 Å². The lowest BCUT2D eigenvalue weighted by atomic mass is 9.81. The fourth-order valence-corrected chi connectivity index (χ4v) is 3.96. The number of esters is 1. The van der Waals surface area contributed by atoms with Crippen LogP contribution in [0.5, 0.6) is 0 Å². The summed E-state index contributed by atoms with van der Waals surface area (Å²) in [6.07, 6.45) is 3.63. The summed E-state index contributed by atoms with van der Waals surface area (Å²) in [5.41, 5.74) is 3.41. The van der Waals surface area contributed by atoms with Crippen LogP contribution in [0.1, 0.15) is 30.9 Å². The molecule has 1 atom stereocenters. The molecule has 6 heteroatoms. The summed E-state index contributed by atoms with van der Waals surface area (Å²) in [5.74, 6) is -2.23. The third kappa shape index (κ3) is 4.23. The van der Waals surface area contributed by atoms with Crippen LogP contribution < -0.4 is 5.32 Å². The van der Waals surface area contributed by atoms with Crippen molar-refractivity contribution in [3.63, 3.8) is 0 Å². The molecule has 2 heterocycles. The normalized spacial score (nSPS) is 17.0. The molecule has 1 unspecified atom stereocenters. The number of carbonyl (C=O) groups excluding carboxylic acids is 1. The van der Waals surface area contributed by atoms with Crippen molar-refractivity contribution >= 4 is 29.4 Å². The molecule has 1 aliphatic heterocycles. The number of nitrogens with one attached hydrogen (secondary N) is 1. The zero-order chi connectivity index (χ0) is 20.1. The molecule has 3 rings (SSSR count). The van der Waals surface area contributed by atoms with Gasteiger partial charge in [0.2, 0.25) is 0 Å². The van der Waals surface area contributed by atoms with Gasteiger partial charge in [0.15, 0.2) is 0 Å². The highest BCUT2D eigenvalue weighted by Gasteiger charge is 2.37. The zero-order valence-electron chi connectivity index (χ0n) is 15.6. The van der Waals surface area contributed by atoms with Gasteiger partial charge >= 0.3 is 11.9 Å². The second kappa shape index (κ2) is 8.71. The monoisotopic (exact) mass is 395 g/mol. The van der Waals surface area contributed by atoms with Gasteiger partial charge in [-0.25, -0.2) is 9.59 Å². The summed E-state index contributed by atoms with van der Waals surface area (Å²) in [5, 5.41) is 16.5. The minimum Gasteiger partial charge on any atom is -0.478 e. The first-order valence-corrected chi connectivity index (χ1v) is 9.76. The van der Waals surface area contributed by atoms with Gasteiger partial charge in [0.25, 0.3) is 0 Å². The molecule has 5 nitrogen and oxygen atoms in total. The van der Waals surface area contributed by atoms with Crippen LogP contribution in [0, 0.1) is 0 Å². The Morgan fingerprint density at radius 1 is 1.14 bits per heavy atom. The lowest BCUT2D eigenvalue weighted by Crippen LogP contribution is -2.31. The van der Waals surface area contributed by atoms with Crippen molar-refractivity contribution in [2.45, 2.75) is 19.8 Å². The van der Waals surface area contributed by atoms with Crippen LogP contribution >= 0.6 is 11.3 Å². The predicted molar refractivity (Wildman–Crippen MR) is 110 cm³/mol. The van der Waals surface area contributed by atoms with Crippen LogP contribution in [0.3, 0.4) is 0 Å². The van der Waals surface area contributed by atoms with Crippen molar-refractivity contribution in [3.8, 4) is 0 Å². The first-order chi connectivity index (χ1) is 13.5. The lowest BCUT2D eigenvalue weighted by Gasteiger charge is -2.28. The molecule has 0 bridgehead atoms. The summed E-state index contributed by atoms with van der Waals surface area (Å²) in [6, 6.07) is 11.5. The first kappa shape index (κ1) is 19.6. The Kier molecular flexibility index (Phi) is 6.11. The van der Waals surface area contributed by atoms with Crippen molar-refractivity contribution in [2.24, 2.45) is 0 Å². The SMILES string of the molecule is CC1=C(C(=O)O)C(c2ccsc2)C(C(=O)OC/C=C/c2ccccc2)=C(C)N1. The Morgan fingerprint density at radius 2 is 1.86 bits per heavy atom. The molecule has 144 valence electrons. The molecule has 2 N–H and O–H groups in total. The van der Waals surface area contributed by atoms with Crippen molar-refractivity contribution in [3.05, 3.63) is 86.9 Å². The Labute approximate surface area is 167 Å². The highest BCUT2D eigenvalue weighted by atomic mass is 32.1. The highest BCUT2D eigenvalue weighted by Crippen LogP contribution is 2.39. The molecule has 1 aromatic carbocycles. The van der Waals surface area contributed by atoms with Crippen LogP contribution in [0.15, 0.2) is 75.8 Å². The maximum absolute atomic E-state index is 12.8. The number of rotatable bonds is 6. The number of ether oxygens (including phenoxy) is 1. The molecule has 0 amide bonds. The molecule has 1 aromatic heterocycles. The number of thiophene rings is 1. The maximum Gasteiger partial charge on any atom is 0.337 e. The van der Waals surface area contributed by atoms with E-state index in [1.165, 1.54) is 11.3 Å². The minimum atomic E-state index is -1.05. The molecule has 0 spiro atoms. The van der Waals surface area contributed by atoms with Gasteiger partial charge in [-0.1, -0.05) is 36.4 Å². The van der Waals surface area contributed by atoms with E-state index >= 15 is 0 Å². The maximum atomic E-state index is 12.8. The standard InChI is InChI=1S/C22H21NO4S/c1-14-18(21(24)25)20(17-10-12-28-13-17)19(15(2)23-14)22(26)27-11-6-9-16-7-4-3-5-8-16/h3-10,12-13,20,23H,11H2,1-2H3,(H,24,25)/b9-6+. The van der Waals surface area contributed by atoms with Gasteiger partial charge in [-0.3, -0.25) is 0 Å². The largest absolute Gasteiger partial charge is 0.478 e. The van der Waals surface area contributed by atoms with Crippen molar-refractivity contribution in [1.82, 2.24) is 5.32 Å². The number of aliphatic carboxylic acids is 1. The third-order valence-corrected chi connectivity index (χ3v) is 5.21. The molecular weight excluding hydrogens is 374 g/mol. The number of carbonyl (C=O) groups is 2. The Hall–Kier alpha value is -3.12. The van der Waals surface area contributed by atoms with Crippen LogP contribution in [0.2, 0.25) is 0 Å². The molecule has 0 saturated heterocycles. The average molecular weight is 395 g/mol. The number of hydrogen-bond donors (Lipinski definition) is 2. The van der Waals surface area contributed by atoms with Crippen molar-refractivity contribution < 1.29 is 19.4 Å². The highest BCUT2D eigenvalue weighted by molar-refractivity contribution is 7.08. The second-order valence-corrected chi connectivity index (χ2v) is 7.19. The van der Waals surface area contributed by atoms with E-state index in [0.29, 0.717) is 17.0 Å². The average Bonchev–Trinajstić information content (AvgIpc) is 3.19. The Bertz CT molecular complexity index is 956. The van der Waals surface area contributed by atoms with E-state index in [-0.39, 0.29) is 12.2 Å². The van der Waals surface area contributed by atoms with E-state index in [1.54, 1.807) is 19.9 Å². The van der Waals surface area contributed by atoms with Gasteiger partial charge in [-0.15, -0.1) is 0 Å². The smallest absolute Gasteiger partial charge is 0.337 e. The van der Waals surface area contributed by atoms with Gasteiger partial charge < -0.3 is 15.2 Å². The molecule has 2 aromatic rings. The van der Waals surface area contributed by atoms with Gasteiger partial charge in [0.1, 0.15) is 6.61 Å². The van der Waals surface area contributed by atoms with Crippen LogP contribution in [-0.2, 0) is 14.3 Å². The van der Waals surface area contributed by atoms with Crippen LogP contribution in [0.25, 0.3) is 6.08 Å². The summed E-state index contributed by atoms with van der Waals surface area (Å²) in [6.45, 7) is 3.57. The number of benzene rings is 1. The van der Waals surface area contributed by atoms with Crippen molar-refractivity contribution in [2.75, 3.05) is 6.61 Å². The summed E-state index contributed by atoms with van der Waals surface area (Å²) in [4.78, 5) is 24.7. The minimum absolute atomic E-state index is 0.103. The topological polar surface area (TPSA) is 75.6 Å². The number of carboxylic acid groups (broad SMARTS) is 1. The van der Waals surface area contributed by atoms with Gasteiger partial charge in [-0.2, -0.15) is 11.3 Å². The van der Waals surface area contributed by atoms with E-state index in [4.69, 9.17) is 4.74 Å². The predicted octanol–water partition coefficient (Wildman–Crippen LogP) is 4.32. The summed E-state index contributed by atoms with van der Waals surface area (Å²) < 4.78 is 5.43.